The van der Waals surface area contributed by atoms with Gasteiger partial charge in [0, 0.05) is 25.6 Å². The van der Waals surface area contributed by atoms with E-state index in [-0.39, 0.29) is 18.5 Å². The fraction of sp³-hybridized carbons (Fsp3) is 0.867. The van der Waals surface area contributed by atoms with Crippen molar-refractivity contribution in [3.8, 4) is 0 Å². The molecule has 2 N–H and O–H groups in total. The highest BCUT2D eigenvalue weighted by Gasteiger charge is 2.29. The van der Waals surface area contributed by atoms with Crippen LogP contribution in [0, 0.1) is 11.8 Å². The fourth-order valence-corrected chi connectivity index (χ4v) is 3.44. The monoisotopic (exact) mass is 282 g/mol. The number of carboxylic acid groups (broad SMARTS) is 1. The number of likely N-dealkylation sites (tertiary alicyclic amines) is 1. The number of hydrogen-bond acceptors (Lipinski definition) is 2. The van der Waals surface area contributed by atoms with Gasteiger partial charge in [-0.3, -0.25) is 4.79 Å². The molecular formula is C15H26N2O3. The van der Waals surface area contributed by atoms with E-state index in [0.29, 0.717) is 24.8 Å². The minimum Gasteiger partial charge on any atom is -0.481 e. The summed E-state index contributed by atoms with van der Waals surface area (Å²) in [5, 5.41) is 11.8. The molecule has 5 heteroatoms. The summed E-state index contributed by atoms with van der Waals surface area (Å²) < 4.78 is 0. The van der Waals surface area contributed by atoms with Crippen LogP contribution in [0.3, 0.4) is 0 Å². The van der Waals surface area contributed by atoms with Gasteiger partial charge >= 0.3 is 12.0 Å². The van der Waals surface area contributed by atoms with Gasteiger partial charge in [0.1, 0.15) is 0 Å². The summed E-state index contributed by atoms with van der Waals surface area (Å²) in [4.78, 5) is 24.6. The van der Waals surface area contributed by atoms with Gasteiger partial charge in [-0.25, -0.2) is 4.79 Å². The van der Waals surface area contributed by atoms with Crippen molar-refractivity contribution >= 4 is 12.0 Å². The summed E-state index contributed by atoms with van der Waals surface area (Å²) in [6.07, 6.45) is 6.83. The molecule has 2 fully saturated rings. The topological polar surface area (TPSA) is 69.6 Å². The third kappa shape index (κ3) is 4.12. The highest BCUT2D eigenvalue weighted by molar-refractivity contribution is 5.74. The lowest BCUT2D eigenvalue weighted by atomic mass is 10.0. The minimum atomic E-state index is -0.747. The zero-order valence-electron chi connectivity index (χ0n) is 12.3. The number of nitrogens with zero attached hydrogens (tertiary/aromatic N) is 1. The van der Waals surface area contributed by atoms with Crippen LogP contribution in [0.1, 0.15) is 51.9 Å². The van der Waals surface area contributed by atoms with Crippen LogP contribution in [0.15, 0.2) is 0 Å². The Morgan fingerprint density at radius 1 is 1.30 bits per heavy atom. The lowest BCUT2D eigenvalue weighted by Gasteiger charge is -2.24. The highest BCUT2D eigenvalue weighted by Crippen LogP contribution is 2.28. The van der Waals surface area contributed by atoms with Crippen LogP contribution < -0.4 is 5.32 Å². The van der Waals surface area contributed by atoms with Crippen LogP contribution in [0.5, 0.6) is 0 Å². The number of rotatable bonds is 5. The first-order valence-electron chi connectivity index (χ1n) is 7.83. The number of amides is 2. The zero-order chi connectivity index (χ0) is 14.5. The van der Waals surface area contributed by atoms with Crippen molar-refractivity contribution in [3.63, 3.8) is 0 Å². The van der Waals surface area contributed by atoms with Crippen molar-refractivity contribution in [2.45, 2.75) is 57.9 Å². The Balaban J connectivity index is 1.72. The maximum atomic E-state index is 12.2. The summed E-state index contributed by atoms with van der Waals surface area (Å²) in [6.45, 7) is 3.57. The summed E-state index contributed by atoms with van der Waals surface area (Å²) in [7, 11) is 0. The quantitative estimate of drug-likeness (QED) is 0.813. The first-order chi connectivity index (χ1) is 9.56. The van der Waals surface area contributed by atoms with Crippen LogP contribution in [0.4, 0.5) is 4.79 Å². The second-order valence-electron chi connectivity index (χ2n) is 6.32. The van der Waals surface area contributed by atoms with Gasteiger partial charge in [0.2, 0.25) is 0 Å². The van der Waals surface area contributed by atoms with Gasteiger partial charge < -0.3 is 15.3 Å². The molecule has 1 saturated carbocycles. The molecule has 1 aliphatic heterocycles. The van der Waals surface area contributed by atoms with E-state index in [1.165, 1.54) is 25.7 Å². The summed E-state index contributed by atoms with van der Waals surface area (Å²) in [6, 6.07) is 0.283. The predicted octanol–water partition coefficient (Wildman–Crippen LogP) is 2.46. The molecular weight excluding hydrogens is 256 g/mol. The largest absolute Gasteiger partial charge is 0.481 e. The normalized spacial score (nSPS) is 24.9. The van der Waals surface area contributed by atoms with Gasteiger partial charge in [-0.2, -0.15) is 0 Å². The Hall–Kier alpha value is -1.26. The Morgan fingerprint density at radius 2 is 2.00 bits per heavy atom. The molecule has 0 aromatic rings. The zero-order valence-corrected chi connectivity index (χ0v) is 12.3. The van der Waals surface area contributed by atoms with E-state index in [4.69, 9.17) is 5.11 Å². The molecule has 2 aliphatic rings. The maximum Gasteiger partial charge on any atom is 0.317 e. The van der Waals surface area contributed by atoms with Crippen molar-refractivity contribution in [3.05, 3.63) is 0 Å². The summed E-state index contributed by atoms with van der Waals surface area (Å²) >= 11 is 0. The van der Waals surface area contributed by atoms with Gasteiger partial charge in [-0.1, -0.05) is 12.8 Å². The Morgan fingerprint density at radius 3 is 2.65 bits per heavy atom. The number of carbonyl (C=O) groups is 2. The van der Waals surface area contributed by atoms with Gasteiger partial charge in [-0.15, -0.1) is 0 Å². The number of carboxylic acids is 1. The van der Waals surface area contributed by atoms with Crippen LogP contribution in [0.25, 0.3) is 0 Å². The predicted molar refractivity (Wildman–Crippen MR) is 76.5 cm³/mol. The lowest BCUT2D eigenvalue weighted by molar-refractivity contribution is -0.137. The van der Waals surface area contributed by atoms with Gasteiger partial charge in [0.25, 0.3) is 0 Å². The third-order valence-electron chi connectivity index (χ3n) is 4.80. The molecule has 1 saturated heterocycles. The van der Waals surface area contributed by atoms with Crippen LogP contribution in [-0.2, 0) is 4.79 Å². The molecule has 0 aromatic heterocycles. The average Bonchev–Trinajstić information content (AvgIpc) is 3.07. The molecule has 0 aromatic carbocycles. The molecule has 1 heterocycles. The van der Waals surface area contributed by atoms with Crippen molar-refractivity contribution < 1.29 is 14.7 Å². The molecule has 0 bridgehead atoms. The number of hydrogen-bond donors (Lipinski definition) is 2. The van der Waals surface area contributed by atoms with E-state index >= 15 is 0 Å². The number of carbonyl (C=O) groups excluding carboxylic acids is 1. The molecule has 114 valence electrons. The van der Waals surface area contributed by atoms with Crippen molar-refractivity contribution in [1.29, 1.82) is 0 Å². The number of urea groups is 1. The molecule has 2 rings (SSSR count). The van der Waals surface area contributed by atoms with Gasteiger partial charge in [-0.05, 0) is 44.4 Å². The number of aliphatic carboxylic acids is 1. The highest BCUT2D eigenvalue weighted by atomic mass is 16.4. The number of nitrogens with one attached hydrogen (secondary N) is 1. The minimum absolute atomic E-state index is 0.0298. The van der Waals surface area contributed by atoms with Crippen LogP contribution in [0.2, 0.25) is 0 Å². The van der Waals surface area contributed by atoms with E-state index in [2.05, 4.69) is 12.2 Å². The SMILES string of the molecule is CC(NC(=O)N1CCC(CCC(=O)O)C1)C1CCCC1. The molecule has 2 atom stereocenters. The van der Waals surface area contributed by atoms with E-state index in [1.807, 2.05) is 4.90 Å². The second kappa shape index (κ2) is 6.95. The lowest BCUT2D eigenvalue weighted by Crippen LogP contribution is -2.45. The summed E-state index contributed by atoms with van der Waals surface area (Å²) in [5.74, 6) is 0.228. The Kier molecular flexibility index (Phi) is 5.26. The molecule has 2 amide bonds. The third-order valence-corrected chi connectivity index (χ3v) is 4.80. The fourth-order valence-electron chi connectivity index (χ4n) is 3.44. The van der Waals surface area contributed by atoms with E-state index in [9.17, 15) is 9.59 Å². The molecule has 0 spiro atoms. The first kappa shape index (κ1) is 15.1. The van der Waals surface area contributed by atoms with Crippen LogP contribution >= 0.6 is 0 Å². The Labute approximate surface area is 120 Å². The van der Waals surface area contributed by atoms with Crippen molar-refractivity contribution in [2.75, 3.05) is 13.1 Å². The van der Waals surface area contributed by atoms with Gasteiger partial charge in [0.15, 0.2) is 0 Å². The maximum absolute atomic E-state index is 12.2. The van der Waals surface area contributed by atoms with E-state index in [0.717, 1.165) is 13.0 Å². The molecule has 5 nitrogen and oxygen atoms in total. The standard InChI is InChI=1S/C15H26N2O3/c1-11(13-4-2-3-5-13)16-15(20)17-9-8-12(10-17)6-7-14(18)19/h11-13H,2-10H2,1H3,(H,16,20)(H,18,19). The molecule has 20 heavy (non-hydrogen) atoms. The van der Waals surface area contributed by atoms with E-state index in [1.54, 1.807) is 0 Å². The molecule has 2 unspecified atom stereocenters. The second-order valence-corrected chi connectivity index (χ2v) is 6.32. The van der Waals surface area contributed by atoms with Crippen LogP contribution in [-0.4, -0.2) is 41.1 Å². The average molecular weight is 282 g/mol. The smallest absolute Gasteiger partial charge is 0.317 e. The molecule has 0 radical (unpaired) electrons. The van der Waals surface area contributed by atoms with E-state index < -0.39 is 5.97 Å². The Bertz CT molecular complexity index is 353. The summed E-state index contributed by atoms with van der Waals surface area (Å²) in [5.41, 5.74) is 0. The van der Waals surface area contributed by atoms with Gasteiger partial charge in [0.05, 0.1) is 0 Å². The first-order valence-corrected chi connectivity index (χ1v) is 7.83. The van der Waals surface area contributed by atoms with Crippen molar-refractivity contribution in [1.82, 2.24) is 10.2 Å². The van der Waals surface area contributed by atoms with Crippen molar-refractivity contribution in [2.24, 2.45) is 11.8 Å². The molecule has 1 aliphatic carbocycles.